The van der Waals surface area contributed by atoms with Gasteiger partial charge in [-0.2, -0.15) is 0 Å². The van der Waals surface area contributed by atoms with Crippen LogP contribution in [0.15, 0.2) is 29.2 Å². The topological polar surface area (TPSA) is 78.5 Å². The van der Waals surface area contributed by atoms with Crippen LogP contribution in [0.5, 0.6) is 0 Å². The molecule has 0 spiro atoms. The van der Waals surface area contributed by atoms with Gasteiger partial charge in [-0.25, -0.2) is 13.1 Å². The molecule has 6 nitrogen and oxygen atoms in total. The average Bonchev–Trinajstić information content (AvgIpc) is 2.55. The fourth-order valence-corrected chi connectivity index (χ4v) is 3.39. The quantitative estimate of drug-likeness (QED) is 0.801. The molecule has 0 aliphatic carbocycles. The summed E-state index contributed by atoms with van der Waals surface area (Å²) in [6, 6.07) is 6.92. The van der Waals surface area contributed by atoms with Gasteiger partial charge < -0.3 is 10.2 Å². The highest BCUT2D eigenvalue weighted by Crippen LogP contribution is 2.12. The third-order valence-corrected chi connectivity index (χ3v) is 5.66. The Morgan fingerprint density at radius 2 is 1.83 bits per heavy atom. The second-order valence-corrected chi connectivity index (χ2v) is 7.88. The Morgan fingerprint density at radius 3 is 2.39 bits per heavy atom. The van der Waals surface area contributed by atoms with E-state index in [1.807, 2.05) is 0 Å². The summed E-state index contributed by atoms with van der Waals surface area (Å²) in [5.74, 6) is 0.0616. The minimum absolute atomic E-state index is 0.0616. The van der Waals surface area contributed by atoms with E-state index in [0.717, 1.165) is 31.5 Å². The number of likely N-dealkylation sites (tertiary alicyclic amines) is 1. The highest BCUT2D eigenvalue weighted by Gasteiger charge is 2.18. The molecule has 1 aromatic rings. The van der Waals surface area contributed by atoms with Crippen molar-refractivity contribution < 1.29 is 13.2 Å². The summed E-state index contributed by atoms with van der Waals surface area (Å²) in [7, 11) is 0.0756. The molecule has 1 fully saturated rings. The molecule has 7 heteroatoms. The van der Waals surface area contributed by atoms with E-state index in [2.05, 4.69) is 22.0 Å². The SMILES string of the molecule is CNS(=O)(=O)c1ccc(CCC(=O)NC2CCN(C)CC2)cc1. The minimum Gasteiger partial charge on any atom is -0.353 e. The van der Waals surface area contributed by atoms with Crippen LogP contribution in [0.25, 0.3) is 0 Å². The van der Waals surface area contributed by atoms with Gasteiger partial charge >= 0.3 is 0 Å². The molecule has 0 unspecified atom stereocenters. The number of hydrogen-bond acceptors (Lipinski definition) is 4. The molecule has 0 saturated carbocycles. The minimum atomic E-state index is -3.40. The molecule has 0 aromatic heterocycles. The standard InChI is InChI=1S/C16H25N3O3S/c1-17-23(21,22)15-6-3-13(4-7-15)5-8-16(20)18-14-9-11-19(2)12-10-14/h3-4,6-7,14,17H,5,8-12H2,1-2H3,(H,18,20). The van der Waals surface area contributed by atoms with Crippen LogP contribution in [0, 0.1) is 0 Å². The van der Waals surface area contributed by atoms with Gasteiger partial charge in [0.25, 0.3) is 0 Å². The molecule has 23 heavy (non-hydrogen) atoms. The van der Waals surface area contributed by atoms with Crippen LogP contribution in [-0.4, -0.2) is 52.5 Å². The number of benzene rings is 1. The molecule has 1 heterocycles. The maximum atomic E-state index is 12.0. The van der Waals surface area contributed by atoms with E-state index in [9.17, 15) is 13.2 Å². The Hall–Kier alpha value is -1.44. The fraction of sp³-hybridized carbons (Fsp3) is 0.562. The predicted octanol–water partition coefficient (Wildman–Crippen LogP) is 0.738. The molecule has 1 saturated heterocycles. The normalized spacial score (nSPS) is 17.1. The second-order valence-electron chi connectivity index (χ2n) is 6.00. The Bertz CT molecular complexity index is 620. The monoisotopic (exact) mass is 339 g/mol. The molecular formula is C16H25N3O3S. The van der Waals surface area contributed by atoms with E-state index in [0.29, 0.717) is 12.8 Å². The van der Waals surface area contributed by atoms with Crippen molar-refractivity contribution in [2.75, 3.05) is 27.2 Å². The van der Waals surface area contributed by atoms with Crippen molar-refractivity contribution in [1.82, 2.24) is 14.9 Å². The summed E-state index contributed by atoms with van der Waals surface area (Å²) in [6.45, 7) is 2.04. The first-order valence-electron chi connectivity index (χ1n) is 7.91. The van der Waals surface area contributed by atoms with Crippen LogP contribution < -0.4 is 10.0 Å². The van der Waals surface area contributed by atoms with E-state index < -0.39 is 10.0 Å². The smallest absolute Gasteiger partial charge is 0.240 e. The maximum Gasteiger partial charge on any atom is 0.240 e. The molecule has 0 atom stereocenters. The number of rotatable bonds is 6. The average molecular weight is 339 g/mol. The molecular weight excluding hydrogens is 314 g/mol. The summed E-state index contributed by atoms with van der Waals surface area (Å²) in [5, 5.41) is 3.08. The van der Waals surface area contributed by atoms with Gasteiger partial charge in [0.1, 0.15) is 0 Å². The maximum absolute atomic E-state index is 12.0. The summed E-state index contributed by atoms with van der Waals surface area (Å²) < 4.78 is 25.6. The van der Waals surface area contributed by atoms with E-state index in [1.54, 1.807) is 24.3 Å². The fourth-order valence-electron chi connectivity index (χ4n) is 2.66. The van der Waals surface area contributed by atoms with Crippen LogP contribution in [0.2, 0.25) is 0 Å². The van der Waals surface area contributed by atoms with Crippen molar-refractivity contribution >= 4 is 15.9 Å². The van der Waals surface area contributed by atoms with Crippen LogP contribution in [0.3, 0.4) is 0 Å². The summed E-state index contributed by atoms with van der Waals surface area (Å²) in [6.07, 6.45) is 3.03. The third-order valence-electron chi connectivity index (χ3n) is 4.23. The Morgan fingerprint density at radius 1 is 1.22 bits per heavy atom. The molecule has 1 aliphatic rings. The van der Waals surface area contributed by atoms with Crippen molar-refractivity contribution in [3.05, 3.63) is 29.8 Å². The van der Waals surface area contributed by atoms with Gasteiger partial charge in [-0.15, -0.1) is 0 Å². The summed E-state index contributed by atoms with van der Waals surface area (Å²) in [4.78, 5) is 14.5. The molecule has 2 rings (SSSR count). The number of amides is 1. The van der Waals surface area contributed by atoms with Gasteiger partial charge in [0.05, 0.1) is 4.90 Å². The van der Waals surface area contributed by atoms with Crippen LogP contribution in [0.4, 0.5) is 0 Å². The van der Waals surface area contributed by atoms with Crippen molar-refractivity contribution in [3.63, 3.8) is 0 Å². The van der Waals surface area contributed by atoms with Crippen molar-refractivity contribution in [3.8, 4) is 0 Å². The summed E-state index contributed by atoms with van der Waals surface area (Å²) >= 11 is 0. The lowest BCUT2D eigenvalue weighted by atomic mass is 10.0. The lowest BCUT2D eigenvalue weighted by Crippen LogP contribution is -2.43. The number of nitrogens with one attached hydrogen (secondary N) is 2. The zero-order valence-corrected chi connectivity index (χ0v) is 14.5. The number of aryl methyl sites for hydroxylation is 1. The zero-order valence-electron chi connectivity index (χ0n) is 13.7. The largest absolute Gasteiger partial charge is 0.353 e. The first-order chi connectivity index (χ1) is 10.9. The van der Waals surface area contributed by atoms with Gasteiger partial charge in [0, 0.05) is 12.5 Å². The number of hydrogen-bond donors (Lipinski definition) is 2. The van der Waals surface area contributed by atoms with Gasteiger partial charge in [-0.3, -0.25) is 4.79 Å². The lowest BCUT2D eigenvalue weighted by molar-refractivity contribution is -0.122. The lowest BCUT2D eigenvalue weighted by Gasteiger charge is -2.29. The number of carbonyl (C=O) groups is 1. The highest BCUT2D eigenvalue weighted by atomic mass is 32.2. The van der Waals surface area contributed by atoms with E-state index in [1.165, 1.54) is 7.05 Å². The van der Waals surface area contributed by atoms with Crippen LogP contribution >= 0.6 is 0 Å². The second kappa shape index (κ2) is 7.90. The number of piperidine rings is 1. The molecule has 1 aliphatic heterocycles. The number of carbonyl (C=O) groups excluding carboxylic acids is 1. The van der Waals surface area contributed by atoms with Crippen molar-refractivity contribution in [2.24, 2.45) is 0 Å². The Kier molecular flexibility index (Phi) is 6.15. The first-order valence-corrected chi connectivity index (χ1v) is 9.39. The third kappa shape index (κ3) is 5.30. The number of nitrogens with zero attached hydrogens (tertiary/aromatic N) is 1. The molecule has 0 radical (unpaired) electrons. The van der Waals surface area contributed by atoms with Gasteiger partial charge in [0.2, 0.25) is 15.9 Å². The van der Waals surface area contributed by atoms with Crippen LogP contribution in [0.1, 0.15) is 24.8 Å². The van der Waals surface area contributed by atoms with E-state index in [-0.39, 0.29) is 16.8 Å². The number of sulfonamides is 1. The van der Waals surface area contributed by atoms with Crippen LogP contribution in [-0.2, 0) is 21.2 Å². The van der Waals surface area contributed by atoms with Gasteiger partial charge in [-0.1, -0.05) is 12.1 Å². The van der Waals surface area contributed by atoms with E-state index >= 15 is 0 Å². The molecule has 1 amide bonds. The Balaban J connectivity index is 1.80. The molecule has 128 valence electrons. The van der Waals surface area contributed by atoms with Gasteiger partial charge in [-0.05, 0) is 64.1 Å². The van der Waals surface area contributed by atoms with Gasteiger partial charge in [0.15, 0.2) is 0 Å². The predicted molar refractivity (Wildman–Crippen MR) is 89.7 cm³/mol. The first kappa shape index (κ1) is 17.9. The van der Waals surface area contributed by atoms with E-state index in [4.69, 9.17) is 0 Å². The Labute approximate surface area is 138 Å². The van der Waals surface area contributed by atoms with Crippen molar-refractivity contribution in [2.45, 2.75) is 36.6 Å². The highest BCUT2D eigenvalue weighted by molar-refractivity contribution is 7.89. The molecule has 0 bridgehead atoms. The molecule has 1 aromatic carbocycles. The van der Waals surface area contributed by atoms with Crippen molar-refractivity contribution in [1.29, 1.82) is 0 Å². The molecule has 2 N–H and O–H groups in total. The zero-order chi connectivity index (χ0) is 16.9. The summed E-state index contributed by atoms with van der Waals surface area (Å²) in [5.41, 5.74) is 0.957.